The van der Waals surface area contributed by atoms with E-state index in [1.807, 2.05) is 4.90 Å². The summed E-state index contributed by atoms with van der Waals surface area (Å²) >= 11 is 0. The van der Waals surface area contributed by atoms with E-state index in [2.05, 4.69) is 15.0 Å². The van der Waals surface area contributed by atoms with E-state index < -0.39 is 28.3 Å². The minimum absolute atomic E-state index is 0.0218. The fraction of sp³-hybridized carbons (Fsp3) is 0.545. The number of anilines is 1. The van der Waals surface area contributed by atoms with Crippen LogP contribution in [0.4, 0.5) is 14.7 Å². The summed E-state index contributed by atoms with van der Waals surface area (Å²) in [7, 11) is -0.613. The molecule has 0 bridgehead atoms. The van der Waals surface area contributed by atoms with Gasteiger partial charge in [0.25, 0.3) is 6.43 Å². The molecule has 200 valence electrons. The van der Waals surface area contributed by atoms with Gasteiger partial charge in [0.05, 0.1) is 38.1 Å². The lowest BCUT2D eigenvalue weighted by Crippen LogP contribution is -2.43. The molecule has 1 aromatic carbocycles. The Morgan fingerprint density at radius 3 is 2.51 bits per heavy atom. The third kappa shape index (κ3) is 4.83. The van der Waals surface area contributed by atoms with Crippen LogP contribution >= 0.6 is 0 Å². The first-order chi connectivity index (χ1) is 17.7. The molecule has 4 heterocycles. The molecule has 0 spiro atoms. The lowest BCUT2D eigenvalue weighted by atomic mass is 10.2. The van der Waals surface area contributed by atoms with Crippen LogP contribution in [-0.4, -0.2) is 95.6 Å². The predicted molar refractivity (Wildman–Crippen MR) is 130 cm³/mol. The number of alkyl halides is 2. The first kappa shape index (κ1) is 25.6. The van der Waals surface area contributed by atoms with Crippen molar-refractivity contribution in [3.05, 3.63) is 29.8 Å². The Bertz CT molecular complexity index is 1400. The Morgan fingerprint density at radius 2 is 1.84 bits per heavy atom. The molecular formula is C22H28F2N8O4S. The second-order valence-corrected chi connectivity index (χ2v) is 10.8. The lowest BCUT2D eigenvalue weighted by Gasteiger charge is -2.32. The van der Waals surface area contributed by atoms with Gasteiger partial charge in [0, 0.05) is 26.7 Å². The summed E-state index contributed by atoms with van der Waals surface area (Å²) < 4.78 is 66.3. The number of nitrogens with zero attached hydrogens (tertiary/aromatic N) is 8. The van der Waals surface area contributed by atoms with Crippen molar-refractivity contribution >= 4 is 27.0 Å². The van der Waals surface area contributed by atoms with Crippen LogP contribution in [0.2, 0.25) is 0 Å². The lowest BCUT2D eigenvalue weighted by molar-refractivity contribution is 0.0647. The van der Waals surface area contributed by atoms with E-state index in [9.17, 15) is 17.2 Å². The highest BCUT2D eigenvalue weighted by Crippen LogP contribution is 2.35. The summed E-state index contributed by atoms with van der Waals surface area (Å²) in [6.07, 6.45) is -0.485. The second kappa shape index (κ2) is 10.0. The van der Waals surface area contributed by atoms with Crippen molar-refractivity contribution in [1.82, 2.24) is 33.9 Å². The summed E-state index contributed by atoms with van der Waals surface area (Å²) in [5.41, 5.74) is 0.616. The zero-order valence-corrected chi connectivity index (χ0v) is 21.5. The fourth-order valence-corrected chi connectivity index (χ4v) is 5.25. The molecule has 3 aromatic rings. The van der Waals surface area contributed by atoms with Gasteiger partial charge < -0.3 is 14.4 Å². The molecule has 0 aliphatic carbocycles. The van der Waals surface area contributed by atoms with E-state index in [0.717, 1.165) is 6.26 Å². The van der Waals surface area contributed by atoms with Gasteiger partial charge in [0.15, 0.2) is 11.6 Å². The van der Waals surface area contributed by atoms with E-state index >= 15 is 0 Å². The van der Waals surface area contributed by atoms with Gasteiger partial charge in [-0.3, -0.25) is 4.57 Å². The Balaban J connectivity index is 1.70. The van der Waals surface area contributed by atoms with Gasteiger partial charge in [-0.05, 0) is 25.0 Å². The van der Waals surface area contributed by atoms with Gasteiger partial charge in [0.1, 0.15) is 11.3 Å². The maximum Gasteiger partial charge on any atom is 0.296 e. The molecule has 0 unspecified atom stereocenters. The molecule has 0 N–H and O–H groups in total. The Kier molecular flexibility index (Phi) is 6.95. The van der Waals surface area contributed by atoms with Crippen LogP contribution in [0.5, 0.6) is 5.75 Å². The van der Waals surface area contributed by atoms with Crippen LogP contribution in [0.3, 0.4) is 0 Å². The number of aromatic nitrogens is 5. The van der Waals surface area contributed by atoms with Crippen LogP contribution in [0, 0.1) is 0 Å². The third-order valence-corrected chi connectivity index (χ3v) is 7.75. The van der Waals surface area contributed by atoms with Crippen LogP contribution in [0.25, 0.3) is 17.0 Å². The van der Waals surface area contributed by atoms with Crippen molar-refractivity contribution in [2.45, 2.75) is 25.3 Å². The molecule has 12 nitrogen and oxygen atoms in total. The number of ether oxygens (including phenoxy) is 2. The highest BCUT2D eigenvalue weighted by molar-refractivity contribution is 7.88. The topological polar surface area (TPSA) is 119 Å². The zero-order valence-electron chi connectivity index (χ0n) is 20.7. The van der Waals surface area contributed by atoms with Crippen LogP contribution in [0.15, 0.2) is 18.2 Å². The Hall–Kier alpha value is -3.01. The number of sulfonamides is 1. The number of fused-ring (bicyclic) bond motifs is 1. The number of methoxy groups -OCH3 is 1. The van der Waals surface area contributed by atoms with Crippen molar-refractivity contribution in [3.8, 4) is 11.7 Å². The number of morpholine rings is 1. The Labute approximate surface area is 212 Å². The number of halogens is 2. The maximum absolute atomic E-state index is 14.2. The number of para-hydroxylation sites is 1. The minimum atomic E-state index is -3.53. The molecule has 5 rings (SSSR count). The number of imidazole rings is 1. The molecular weight excluding hydrogens is 510 g/mol. The molecule has 2 aliphatic rings. The molecule has 15 heteroatoms. The normalized spacial score (nSPS) is 19.4. The number of hydrogen-bond acceptors (Lipinski definition) is 10. The monoisotopic (exact) mass is 538 g/mol. The second-order valence-electron chi connectivity index (χ2n) is 8.85. The molecule has 37 heavy (non-hydrogen) atoms. The van der Waals surface area contributed by atoms with Crippen LogP contribution in [-0.2, 0) is 14.8 Å². The van der Waals surface area contributed by atoms with Crippen molar-refractivity contribution in [2.24, 2.45) is 0 Å². The van der Waals surface area contributed by atoms with Gasteiger partial charge in [0.2, 0.25) is 21.9 Å². The zero-order chi connectivity index (χ0) is 26.3. The van der Waals surface area contributed by atoms with Crippen molar-refractivity contribution in [2.75, 3.05) is 58.2 Å². The van der Waals surface area contributed by atoms with Gasteiger partial charge in [-0.2, -0.15) is 15.0 Å². The highest BCUT2D eigenvalue weighted by atomic mass is 32.2. The molecule has 0 amide bonds. The highest BCUT2D eigenvalue weighted by Gasteiger charge is 2.36. The van der Waals surface area contributed by atoms with E-state index in [4.69, 9.17) is 14.5 Å². The van der Waals surface area contributed by atoms with Crippen molar-refractivity contribution in [1.29, 1.82) is 0 Å². The molecule has 1 atom stereocenters. The summed E-state index contributed by atoms with van der Waals surface area (Å²) in [4.78, 5) is 20.0. The average molecular weight is 539 g/mol. The predicted octanol–water partition coefficient (Wildman–Crippen LogP) is 1.94. The molecule has 2 fully saturated rings. The Morgan fingerprint density at radius 1 is 1.11 bits per heavy atom. The minimum Gasteiger partial charge on any atom is -0.494 e. The largest absolute Gasteiger partial charge is 0.494 e. The number of hydrazine groups is 1. The van der Waals surface area contributed by atoms with E-state index in [1.165, 1.54) is 23.1 Å². The van der Waals surface area contributed by atoms with Crippen molar-refractivity contribution in [3.63, 3.8) is 0 Å². The molecule has 2 aromatic heterocycles. The first-order valence-electron chi connectivity index (χ1n) is 11.8. The number of hydrogen-bond donors (Lipinski definition) is 0. The van der Waals surface area contributed by atoms with Crippen LogP contribution in [0.1, 0.15) is 37.0 Å². The standard InChI is InChI=1S/C22H28F2N8O4S/c1-29(37(3,33)34)31-9-5-7-15(31)19-26-21(30-10-12-36-13-11-30)28-22(27-19)32-14-6-4-8-16(35-2)17(14)25-20(32)18(23)24/h4,6,8,15,18H,5,7,9-13H2,1-3H3/t15-/m0/s1. The third-order valence-electron chi connectivity index (χ3n) is 6.58. The van der Waals surface area contributed by atoms with E-state index in [1.54, 1.807) is 23.2 Å². The molecule has 0 radical (unpaired) electrons. The summed E-state index contributed by atoms with van der Waals surface area (Å²) in [5.74, 6) is 0.400. The van der Waals surface area contributed by atoms with E-state index in [-0.39, 0.29) is 11.5 Å². The van der Waals surface area contributed by atoms with Crippen LogP contribution < -0.4 is 9.64 Å². The summed E-state index contributed by atoms with van der Waals surface area (Å²) in [6, 6.07) is 4.48. The SMILES string of the molecule is COc1cccc2c1nc(C(F)F)n2-c1nc([C@@H]2CCCN2N(C)S(C)(=O)=O)nc(N2CCOCC2)n1. The van der Waals surface area contributed by atoms with Gasteiger partial charge >= 0.3 is 0 Å². The molecule has 0 saturated carbocycles. The van der Waals surface area contributed by atoms with E-state index in [0.29, 0.717) is 68.7 Å². The average Bonchev–Trinajstić information content (AvgIpc) is 3.53. The van der Waals surface area contributed by atoms with Gasteiger partial charge in [-0.25, -0.2) is 27.2 Å². The quantitative estimate of drug-likeness (QED) is 0.442. The van der Waals surface area contributed by atoms with Gasteiger partial charge in [-0.15, -0.1) is 4.41 Å². The summed E-state index contributed by atoms with van der Waals surface area (Å²) in [5, 5.41) is 1.68. The first-order valence-corrected chi connectivity index (χ1v) is 13.7. The van der Waals surface area contributed by atoms with Gasteiger partial charge in [-0.1, -0.05) is 6.07 Å². The number of benzene rings is 1. The smallest absolute Gasteiger partial charge is 0.296 e. The molecule has 2 aliphatic heterocycles. The van der Waals surface area contributed by atoms with Crippen molar-refractivity contribution < 1.29 is 26.7 Å². The fourth-order valence-electron chi connectivity index (χ4n) is 4.68. The number of rotatable bonds is 7. The molecule has 2 saturated heterocycles. The maximum atomic E-state index is 14.2. The summed E-state index contributed by atoms with van der Waals surface area (Å²) in [6.45, 7) is 2.45.